The SMILES string of the molecule is O=C=C1C=C2C(=O)N(c3cccc(O)c3)C(=O)C2=CC1. The number of amides is 2. The minimum atomic E-state index is -0.501. The standard InChI is InChI=1S/C15H9NO4/c17-8-9-4-5-12-13(6-9)15(20)16(14(12)19)10-2-1-3-11(18)7-10/h1-3,5-7,18H,4H2. The van der Waals surface area contributed by atoms with Crippen molar-refractivity contribution in [3.8, 4) is 5.75 Å². The van der Waals surface area contributed by atoms with Crippen LogP contribution in [0.4, 0.5) is 5.69 Å². The monoisotopic (exact) mass is 267 g/mol. The Morgan fingerprint density at radius 3 is 2.60 bits per heavy atom. The first-order valence-electron chi connectivity index (χ1n) is 5.96. The lowest BCUT2D eigenvalue weighted by Crippen LogP contribution is -2.29. The summed E-state index contributed by atoms with van der Waals surface area (Å²) in [5.74, 6) is 0.758. The van der Waals surface area contributed by atoms with E-state index in [1.54, 1.807) is 24.2 Å². The summed E-state index contributed by atoms with van der Waals surface area (Å²) in [5.41, 5.74) is 1.12. The highest BCUT2D eigenvalue weighted by atomic mass is 16.3. The third kappa shape index (κ3) is 1.69. The number of imide groups is 1. The van der Waals surface area contributed by atoms with Crippen LogP contribution in [-0.2, 0) is 14.4 Å². The Morgan fingerprint density at radius 2 is 1.90 bits per heavy atom. The Kier molecular flexibility index (Phi) is 2.63. The van der Waals surface area contributed by atoms with Gasteiger partial charge in [-0.05, 0) is 18.2 Å². The maximum absolute atomic E-state index is 12.3. The minimum absolute atomic E-state index is 0.0330. The number of phenolic OH excluding ortho intramolecular Hbond substituents is 1. The summed E-state index contributed by atoms with van der Waals surface area (Å²) in [4.78, 5) is 36.2. The second kappa shape index (κ2) is 4.33. The van der Waals surface area contributed by atoms with Crippen molar-refractivity contribution in [1.29, 1.82) is 0 Å². The second-order valence-electron chi connectivity index (χ2n) is 4.47. The summed E-state index contributed by atoms with van der Waals surface area (Å²) >= 11 is 0. The molecule has 1 heterocycles. The molecule has 0 radical (unpaired) electrons. The number of allylic oxidation sites excluding steroid dienone is 3. The molecule has 1 N–H and O–H groups in total. The van der Waals surface area contributed by atoms with E-state index < -0.39 is 11.8 Å². The predicted octanol–water partition coefficient (Wildman–Crippen LogP) is 1.28. The summed E-state index contributed by atoms with van der Waals surface area (Å²) < 4.78 is 0. The Bertz CT molecular complexity index is 751. The first-order valence-corrected chi connectivity index (χ1v) is 5.96. The van der Waals surface area contributed by atoms with Crippen LogP contribution in [0.5, 0.6) is 5.75 Å². The molecule has 0 aromatic heterocycles. The Morgan fingerprint density at radius 1 is 1.15 bits per heavy atom. The van der Waals surface area contributed by atoms with E-state index >= 15 is 0 Å². The largest absolute Gasteiger partial charge is 0.508 e. The number of phenols is 1. The van der Waals surface area contributed by atoms with Gasteiger partial charge in [-0.3, -0.25) is 9.59 Å². The van der Waals surface area contributed by atoms with E-state index in [0.717, 1.165) is 4.90 Å². The number of benzene rings is 1. The maximum Gasteiger partial charge on any atom is 0.266 e. The number of hydrogen-bond donors (Lipinski definition) is 1. The molecule has 5 heteroatoms. The van der Waals surface area contributed by atoms with E-state index in [1.807, 2.05) is 0 Å². The maximum atomic E-state index is 12.3. The molecule has 1 fully saturated rings. The minimum Gasteiger partial charge on any atom is -0.508 e. The number of hydrogen-bond acceptors (Lipinski definition) is 4. The lowest BCUT2D eigenvalue weighted by molar-refractivity contribution is -0.119. The van der Waals surface area contributed by atoms with Gasteiger partial charge in [0.1, 0.15) is 11.7 Å². The Balaban J connectivity index is 2.10. The molecule has 5 nitrogen and oxygen atoms in total. The number of rotatable bonds is 1. The summed E-state index contributed by atoms with van der Waals surface area (Å²) in [6, 6.07) is 5.90. The van der Waals surface area contributed by atoms with Crippen LogP contribution < -0.4 is 4.90 Å². The molecule has 1 aliphatic heterocycles. The van der Waals surface area contributed by atoms with Crippen LogP contribution in [0.25, 0.3) is 0 Å². The van der Waals surface area contributed by atoms with E-state index in [4.69, 9.17) is 0 Å². The van der Waals surface area contributed by atoms with Crippen molar-refractivity contribution < 1.29 is 19.5 Å². The fraction of sp³-hybridized carbons (Fsp3) is 0.0667. The topological polar surface area (TPSA) is 74.7 Å². The van der Waals surface area contributed by atoms with Gasteiger partial charge < -0.3 is 5.11 Å². The van der Waals surface area contributed by atoms with Crippen molar-refractivity contribution in [3.63, 3.8) is 0 Å². The molecule has 2 amide bonds. The molecule has 0 saturated carbocycles. The molecular weight excluding hydrogens is 258 g/mol. The normalized spacial score (nSPS) is 17.6. The predicted molar refractivity (Wildman–Crippen MR) is 70.6 cm³/mol. The van der Waals surface area contributed by atoms with E-state index in [1.165, 1.54) is 18.2 Å². The van der Waals surface area contributed by atoms with Gasteiger partial charge in [0.2, 0.25) is 0 Å². The van der Waals surface area contributed by atoms with Gasteiger partial charge in [-0.1, -0.05) is 12.1 Å². The van der Waals surface area contributed by atoms with Crippen molar-refractivity contribution in [2.24, 2.45) is 0 Å². The van der Waals surface area contributed by atoms with E-state index in [0.29, 0.717) is 11.3 Å². The van der Waals surface area contributed by atoms with Crippen LogP contribution in [0.1, 0.15) is 6.42 Å². The van der Waals surface area contributed by atoms with Crippen molar-refractivity contribution in [3.05, 3.63) is 53.1 Å². The lowest BCUT2D eigenvalue weighted by atomic mass is 9.97. The van der Waals surface area contributed by atoms with Gasteiger partial charge in [0.15, 0.2) is 0 Å². The Hall–Kier alpha value is -2.91. The smallest absolute Gasteiger partial charge is 0.266 e. The van der Waals surface area contributed by atoms with Crippen molar-refractivity contribution in [1.82, 2.24) is 0 Å². The molecule has 1 saturated heterocycles. The van der Waals surface area contributed by atoms with Crippen LogP contribution in [-0.4, -0.2) is 22.9 Å². The van der Waals surface area contributed by atoms with Crippen molar-refractivity contribution in [2.45, 2.75) is 6.42 Å². The number of carbonyl (C=O) groups excluding carboxylic acids is 3. The zero-order chi connectivity index (χ0) is 14.3. The quantitative estimate of drug-likeness (QED) is 0.614. The third-order valence-corrected chi connectivity index (χ3v) is 3.22. The number of nitrogens with zero attached hydrogens (tertiary/aromatic N) is 1. The van der Waals surface area contributed by atoms with Gasteiger partial charge in [0.05, 0.1) is 11.3 Å². The number of carbonyl (C=O) groups is 2. The number of fused-ring (bicyclic) bond motifs is 1. The summed E-state index contributed by atoms with van der Waals surface area (Å²) in [7, 11) is 0. The molecule has 1 aromatic carbocycles. The summed E-state index contributed by atoms with van der Waals surface area (Å²) in [5, 5.41) is 9.45. The van der Waals surface area contributed by atoms with Gasteiger partial charge in [-0.15, -0.1) is 0 Å². The van der Waals surface area contributed by atoms with Crippen LogP contribution in [0, 0.1) is 0 Å². The van der Waals surface area contributed by atoms with Crippen molar-refractivity contribution in [2.75, 3.05) is 4.90 Å². The zero-order valence-electron chi connectivity index (χ0n) is 10.3. The first kappa shape index (κ1) is 12.1. The molecule has 98 valence electrons. The molecule has 0 atom stereocenters. The average molecular weight is 267 g/mol. The highest BCUT2D eigenvalue weighted by Gasteiger charge is 2.40. The van der Waals surface area contributed by atoms with Gasteiger partial charge in [-0.25, -0.2) is 9.69 Å². The lowest BCUT2D eigenvalue weighted by Gasteiger charge is -2.12. The van der Waals surface area contributed by atoms with Gasteiger partial charge >= 0.3 is 0 Å². The fourth-order valence-corrected chi connectivity index (χ4v) is 2.28. The molecule has 0 spiro atoms. The molecule has 0 bridgehead atoms. The second-order valence-corrected chi connectivity index (χ2v) is 4.47. The summed E-state index contributed by atoms with van der Waals surface area (Å²) in [6.07, 6.45) is 3.24. The van der Waals surface area contributed by atoms with E-state index in [2.05, 4.69) is 0 Å². The van der Waals surface area contributed by atoms with Gasteiger partial charge in [0, 0.05) is 23.6 Å². The van der Waals surface area contributed by atoms with Crippen LogP contribution >= 0.6 is 0 Å². The fourth-order valence-electron chi connectivity index (χ4n) is 2.28. The number of aromatic hydroxyl groups is 1. The molecule has 0 unspecified atom stereocenters. The number of anilines is 1. The Labute approximate surface area is 114 Å². The molecular formula is C15H9NO4. The molecule has 1 aliphatic carbocycles. The highest BCUT2D eigenvalue weighted by molar-refractivity contribution is 6.37. The van der Waals surface area contributed by atoms with Crippen LogP contribution in [0.15, 0.2) is 53.1 Å². The molecule has 1 aromatic rings. The first-order chi connectivity index (χ1) is 9.61. The van der Waals surface area contributed by atoms with Crippen molar-refractivity contribution >= 4 is 23.4 Å². The van der Waals surface area contributed by atoms with Gasteiger partial charge in [-0.2, -0.15) is 0 Å². The third-order valence-electron chi connectivity index (χ3n) is 3.22. The molecule has 2 aliphatic rings. The summed E-state index contributed by atoms with van der Waals surface area (Å²) in [6.45, 7) is 0. The van der Waals surface area contributed by atoms with E-state index in [-0.39, 0.29) is 23.3 Å². The molecule has 20 heavy (non-hydrogen) atoms. The zero-order valence-corrected chi connectivity index (χ0v) is 10.3. The van der Waals surface area contributed by atoms with Crippen LogP contribution in [0.2, 0.25) is 0 Å². The van der Waals surface area contributed by atoms with Crippen LogP contribution in [0.3, 0.4) is 0 Å². The average Bonchev–Trinajstić information content (AvgIpc) is 2.70. The van der Waals surface area contributed by atoms with E-state index in [9.17, 15) is 19.5 Å². The van der Waals surface area contributed by atoms with Gasteiger partial charge in [0.25, 0.3) is 11.8 Å². The highest BCUT2D eigenvalue weighted by Crippen LogP contribution is 2.34. The molecule has 3 rings (SSSR count).